The first-order chi connectivity index (χ1) is 13.6. The summed E-state index contributed by atoms with van der Waals surface area (Å²) in [6.07, 6.45) is -0.115. The first-order valence-electron chi connectivity index (χ1n) is 9.58. The predicted molar refractivity (Wildman–Crippen MR) is 111 cm³/mol. The molecule has 0 saturated carbocycles. The third-order valence-electron chi connectivity index (χ3n) is 4.48. The van der Waals surface area contributed by atoms with E-state index in [4.69, 9.17) is 4.74 Å². The molecule has 2 rings (SSSR count). The Morgan fingerprint density at radius 2 is 1.72 bits per heavy atom. The van der Waals surface area contributed by atoms with Crippen LogP contribution < -0.4 is 10.1 Å². The topological polar surface area (TPSA) is 58.6 Å². The number of amides is 2. The molecule has 0 aliphatic heterocycles. The second-order valence-corrected chi connectivity index (χ2v) is 8.05. The van der Waals surface area contributed by atoms with Crippen LogP contribution in [0.1, 0.15) is 38.8 Å². The van der Waals surface area contributed by atoms with E-state index in [0.717, 1.165) is 5.56 Å². The highest BCUT2D eigenvalue weighted by Crippen LogP contribution is 2.17. The first-order valence-corrected chi connectivity index (χ1v) is 9.58. The fraction of sp³-hybridized carbons (Fsp3) is 0.391. The van der Waals surface area contributed by atoms with Gasteiger partial charge in [0.05, 0.1) is 13.5 Å². The number of methoxy groups -OCH3 is 1. The van der Waals surface area contributed by atoms with Crippen molar-refractivity contribution in [2.75, 3.05) is 7.11 Å². The van der Waals surface area contributed by atoms with Crippen LogP contribution in [0.3, 0.4) is 0 Å². The van der Waals surface area contributed by atoms with Crippen molar-refractivity contribution in [3.63, 3.8) is 0 Å². The zero-order valence-corrected chi connectivity index (χ0v) is 17.7. The second-order valence-electron chi connectivity index (χ2n) is 8.05. The molecule has 6 heteroatoms. The van der Waals surface area contributed by atoms with Gasteiger partial charge in [-0.2, -0.15) is 0 Å². The van der Waals surface area contributed by atoms with Crippen LogP contribution in [-0.4, -0.2) is 35.4 Å². The van der Waals surface area contributed by atoms with Gasteiger partial charge in [0.1, 0.15) is 17.6 Å². The molecule has 1 atom stereocenters. The Morgan fingerprint density at radius 3 is 2.28 bits per heavy atom. The van der Waals surface area contributed by atoms with Crippen molar-refractivity contribution in [3.05, 3.63) is 65.5 Å². The molecule has 0 aliphatic rings. The summed E-state index contributed by atoms with van der Waals surface area (Å²) in [6.45, 7) is 7.56. The fourth-order valence-corrected chi connectivity index (χ4v) is 2.89. The third-order valence-corrected chi connectivity index (χ3v) is 4.48. The minimum Gasteiger partial charge on any atom is -0.497 e. The average Bonchev–Trinajstić information content (AvgIpc) is 2.66. The standard InChI is InChI=1S/C23H29FN2O3/c1-16(22(28)25-23(2,3)4)26(15-17-10-12-19(29-5)13-11-17)21(27)14-18-8-6-7-9-20(18)24/h6-13,16H,14-15H2,1-5H3,(H,25,28)/t16-/m0/s1. The molecule has 5 nitrogen and oxygen atoms in total. The second kappa shape index (κ2) is 9.54. The number of rotatable bonds is 7. The Bertz CT molecular complexity index is 844. The van der Waals surface area contributed by atoms with Gasteiger partial charge in [0.25, 0.3) is 0 Å². The van der Waals surface area contributed by atoms with Crippen LogP contribution >= 0.6 is 0 Å². The van der Waals surface area contributed by atoms with E-state index in [-0.39, 0.29) is 24.8 Å². The van der Waals surface area contributed by atoms with Crippen molar-refractivity contribution >= 4 is 11.8 Å². The van der Waals surface area contributed by atoms with Crippen LogP contribution in [0.2, 0.25) is 0 Å². The molecule has 0 radical (unpaired) electrons. The smallest absolute Gasteiger partial charge is 0.242 e. The maximum Gasteiger partial charge on any atom is 0.242 e. The van der Waals surface area contributed by atoms with E-state index in [9.17, 15) is 14.0 Å². The van der Waals surface area contributed by atoms with Gasteiger partial charge in [-0.05, 0) is 57.0 Å². The van der Waals surface area contributed by atoms with Crippen molar-refractivity contribution in [3.8, 4) is 5.75 Å². The lowest BCUT2D eigenvalue weighted by atomic mass is 10.1. The van der Waals surface area contributed by atoms with Crippen molar-refractivity contribution in [2.45, 2.75) is 52.2 Å². The Hall–Kier alpha value is -2.89. The van der Waals surface area contributed by atoms with Crippen LogP contribution in [0.15, 0.2) is 48.5 Å². The van der Waals surface area contributed by atoms with Gasteiger partial charge in [-0.25, -0.2) is 4.39 Å². The Morgan fingerprint density at radius 1 is 1.10 bits per heavy atom. The third kappa shape index (κ3) is 6.59. The summed E-state index contributed by atoms with van der Waals surface area (Å²) in [5.74, 6) is -0.302. The molecule has 2 aromatic rings. The maximum atomic E-state index is 14.0. The summed E-state index contributed by atoms with van der Waals surface area (Å²) >= 11 is 0. The molecular formula is C23H29FN2O3. The summed E-state index contributed by atoms with van der Waals surface area (Å²) in [4.78, 5) is 27.3. The van der Waals surface area contributed by atoms with Gasteiger partial charge in [-0.15, -0.1) is 0 Å². The predicted octanol–water partition coefficient (Wildman–Crippen LogP) is 3.71. The van der Waals surface area contributed by atoms with E-state index in [0.29, 0.717) is 11.3 Å². The van der Waals surface area contributed by atoms with Crippen LogP contribution in [0.25, 0.3) is 0 Å². The Kier molecular flexibility index (Phi) is 7.37. The molecule has 0 bridgehead atoms. The Balaban J connectivity index is 2.26. The highest BCUT2D eigenvalue weighted by molar-refractivity contribution is 5.88. The highest BCUT2D eigenvalue weighted by atomic mass is 19.1. The molecule has 0 spiro atoms. The van der Waals surface area contributed by atoms with E-state index in [1.165, 1.54) is 11.0 Å². The number of halogens is 1. The summed E-state index contributed by atoms with van der Waals surface area (Å²) in [6, 6.07) is 12.8. The summed E-state index contributed by atoms with van der Waals surface area (Å²) in [7, 11) is 1.58. The molecule has 0 fully saturated rings. The van der Waals surface area contributed by atoms with Crippen LogP contribution in [-0.2, 0) is 22.6 Å². The van der Waals surface area contributed by atoms with Crippen molar-refractivity contribution in [1.82, 2.24) is 10.2 Å². The monoisotopic (exact) mass is 400 g/mol. The molecule has 2 amide bonds. The van der Waals surface area contributed by atoms with Crippen LogP contribution in [0.5, 0.6) is 5.75 Å². The number of ether oxygens (including phenoxy) is 1. The molecule has 156 valence electrons. The zero-order valence-electron chi connectivity index (χ0n) is 17.7. The molecule has 0 saturated heterocycles. The van der Waals surface area contributed by atoms with Gasteiger partial charge in [0, 0.05) is 12.1 Å². The molecule has 0 aliphatic carbocycles. The molecule has 1 N–H and O–H groups in total. The van der Waals surface area contributed by atoms with Gasteiger partial charge >= 0.3 is 0 Å². The van der Waals surface area contributed by atoms with Crippen molar-refractivity contribution in [1.29, 1.82) is 0 Å². The van der Waals surface area contributed by atoms with Crippen LogP contribution in [0.4, 0.5) is 4.39 Å². The van der Waals surface area contributed by atoms with E-state index in [1.54, 1.807) is 44.4 Å². The molecule has 0 aromatic heterocycles. The number of hydrogen-bond donors (Lipinski definition) is 1. The van der Waals surface area contributed by atoms with Crippen molar-refractivity contribution in [2.24, 2.45) is 0 Å². The lowest BCUT2D eigenvalue weighted by molar-refractivity contribution is -0.140. The number of benzene rings is 2. The number of nitrogens with zero attached hydrogens (tertiary/aromatic N) is 1. The summed E-state index contributed by atoms with van der Waals surface area (Å²) in [5, 5.41) is 2.91. The normalized spacial score (nSPS) is 12.2. The lowest BCUT2D eigenvalue weighted by Gasteiger charge is -2.31. The largest absolute Gasteiger partial charge is 0.497 e. The minimum atomic E-state index is -0.712. The number of carbonyl (C=O) groups is 2. The number of hydrogen-bond acceptors (Lipinski definition) is 3. The van der Waals surface area contributed by atoms with Gasteiger partial charge < -0.3 is 15.0 Å². The number of nitrogens with one attached hydrogen (secondary N) is 1. The van der Waals surface area contributed by atoms with E-state index < -0.39 is 17.4 Å². The maximum absolute atomic E-state index is 14.0. The van der Waals surface area contributed by atoms with Gasteiger partial charge in [0.15, 0.2) is 0 Å². The quantitative estimate of drug-likeness (QED) is 0.771. The minimum absolute atomic E-state index is 0.115. The van der Waals surface area contributed by atoms with E-state index in [1.807, 2.05) is 32.9 Å². The molecule has 29 heavy (non-hydrogen) atoms. The first kappa shape index (κ1) is 22.4. The van der Waals surface area contributed by atoms with Gasteiger partial charge in [0.2, 0.25) is 11.8 Å². The molecule has 2 aromatic carbocycles. The molecule has 0 unspecified atom stereocenters. The van der Waals surface area contributed by atoms with Crippen molar-refractivity contribution < 1.29 is 18.7 Å². The zero-order chi connectivity index (χ0) is 21.6. The summed E-state index contributed by atoms with van der Waals surface area (Å²) < 4.78 is 19.2. The highest BCUT2D eigenvalue weighted by Gasteiger charge is 2.28. The SMILES string of the molecule is COc1ccc(CN(C(=O)Cc2ccccc2F)[C@@H](C)C(=O)NC(C)(C)C)cc1. The average molecular weight is 400 g/mol. The lowest BCUT2D eigenvalue weighted by Crippen LogP contribution is -2.52. The van der Waals surface area contributed by atoms with Gasteiger partial charge in [-0.1, -0.05) is 30.3 Å². The fourth-order valence-electron chi connectivity index (χ4n) is 2.89. The molecular weight excluding hydrogens is 371 g/mol. The van der Waals surface area contributed by atoms with E-state index in [2.05, 4.69) is 5.32 Å². The summed E-state index contributed by atoms with van der Waals surface area (Å²) in [5.41, 5.74) is 0.731. The van der Waals surface area contributed by atoms with Crippen LogP contribution in [0, 0.1) is 5.82 Å². The molecule has 0 heterocycles. The van der Waals surface area contributed by atoms with Gasteiger partial charge in [-0.3, -0.25) is 9.59 Å². The van der Waals surface area contributed by atoms with E-state index >= 15 is 0 Å². The number of carbonyl (C=O) groups excluding carboxylic acids is 2. The Labute approximate surface area is 171 Å².